The summed E-state index contributed by atoms with van der Waals surface area (Å²) in [4.78, 5) is 33.0. The van der Waals surface area contributed by atoms with Crippen molar-refractivity contribution in [1.29, 1.82) is 5.26 Å². The fourth-order valence-electron chi connectivity index (χ4n) is 2.70. The Morgan fingerprint density at radius 1 is 1.30 bits per heavy atom. The summed E-state index contributed by atoms with van der Waals surface area (Å²) in [7, 11) is 0. The van der Waals surface area contributed by atoms with Crippen LogP contribution in [0, 0.1) is 17.1 Å². The van der Waals surface area contributed by atoms with Crippen molar-refractivity contribution in [1.82, 2.24) is 24.1 Å². The van der Waals surface area contributed by atoms with Crippen LogP contribution >= 0.6 is 0 Å². The van der Waals surface area contributed by atoms with E-state index in [9.17, 15) is 14.0 Å². The average molecular weight is 363 g/mol. The van der Waals surface area contributed by atoms with Crippen LogP contribution in [-0.4, -0.2) is 30.1 Å². The summed E-state index contributed by atoms with van der Waals surface area (Å²) in [5, 5.41) is 15.8. The number of aromatic nitrogens is 5. The van der Waals surface area contributed by atoms with E-state index < -0.39 is 17.3 Å². The van der Waals surface area contributed by atoms with Gasteiger partial charge in [-0.3, -0.25) is 9.59 Å². The molecule has 0 bridgehead atoms. The maximum absolute atomic E-state index is 12.9. The molecule has 132 valence electrons. The number of rotatable bonds is 3. The Balaban J connectivity index is 1.81. The van der Waals surface area contributed by atoms with E-state index in [2.05, 4.69) is 20.4 Å². The van der Waals surface area contributed by atoms with Crippen LogP contribution in [0.3, 0.4) is 0 Å². The Bertz CT molecular complexity index is 1290. The van der Waals surface area contributed by atoms with E-state index in [1.54, 1.807) is 12.1 Å². The number of carbonyl (C=O) groups is 1. The monoisotopic (exact) mass is 363 g/mol. The first-order valence-corrected chi connectivity index (χ1v) is 7.75. The molecule has 4 heterocycles. The summed E-state index contributed by atoms with van der Waals surface area (Å²) in [5.74, 6) is -0.804. The molecule has 10 heteroatoms. The smallest absolute Gasteiger partial charge is 0.283 e. The lowest BCUT2D eigenvalue weighted by Crippen LogP contribution is -2.25. The van der Waals surface area contributed by atoms with Crippen molar-refractivity contribution >= 4 is 28.4 Å². The van der Waals surface area contributed by atoms with Crippen molar-refractivity contribution in [3.8, 4) is 6.07 Å². The van der Waals surface area contributed by atoms with Gasteiger partial charge in [0.15, 0.2) is 5.69 Å². The van der Waals surface area contributed by atoms with E-state index >= 15 is 0 Å². The van der Waals surface area contributed by atoms with Crippen molar-refractivity contribution in [2.24, 2.45) is 0 Å². The summed E-state index contributed by atoms with van der Waals surface area (Å²) in [5.41, 5.74) is 0.134. The van der Waals surface area contributed by atoms with Crippen LogP contribution in [-0.2, 0) is 11.3 Å². The molecule has 0 saturated carbocycles. The van der Waals surface area contributed by atoms with E-state index in [-0.39, 0.29) is 34.7 Å². The summed E-state index contributed by atoms with van der Waals surface area (Å²) in [6.07, 6.45) is 2.48. The maximum atomic E-state index is 12.9. The summed E-state index contributed by atoms with van der Waals surface area (Å²) < 4.78 is 15.5. The zero-order valence-corrected chi connectivity index (χ0v) is 13.6. The molecule has 0 spiro atoms. The number of hydrogen-bond acceptors (Lipinski definition) is 6. The van der Waals surface area contributed by atoms with Crippen LogP contribution in [0.15, 0.2) is 47.5 Å². The molecule has 4 aromatic heterocycles. The lowest BCUT2D eigenvalue weighted by atomic mass is 10.3. The Labute approximate surface area is 150 Å². The predicted octanol–water partition coefficient (Wildman–Crippen LogP) is 1.09. The van der Waals surface area contributed by atoms with Crippen molar-refractivity contribution in [2.75, 3.05) is 5.32 Å². The molecule has 0 fully saturated rings. The molecular weight excluding hydrogens is 353 g/mol. The third-order valence-corrected chi connectivity index (χ3v) is 3.84. The number of halogens is 1. The Hall–Kier alpha value is -4.13. The Kier molecular flexibility index (Phi) is 3.82. The van der Waals surface area contributed by atoms with E-state index in [0.717, 1.165) is 10.7 Å². The minimum atomic E-state index is -0.520. The molecule has 0 radical (unpaired) electrons. The van der Waals surface area contributed by atoms with Crippen molar-refractivity contribution in [2.45, 2.75) is 6.54 Å². The lowest BCUT2D eigenvalue weighted by Gasteiger charge is -2.12. The number of pyridine rings is 2. The minimum Gasteiger partial charge on any atom is -0.309 e. The molecule has 1 amide bonds. The molecule has 4 aromatic rings. The van der Waals surface area contributed by atoms with Gasteiger partial charge in [-0.15, -0.1) is 0 Å². The van der Waals surface area contributed by atoms with Crippen LogP contribution in [0.5, 0.6) is 0 Å². The molecule has 27 heavy (non-hydrogen) atoms. The Morgan fingerprint density at radius 3 is 2.89 bits per heavy atom. The van der Waals surface area contributed by atoms with Gasteiger partial charge in [-0.25, -0.2) is 14.4 Å². The lowest BCUT2D eigenvalue weighted by molar-refractivity contribution is -0.116. The van der Waals surface area contributed by atoms with Crippen LogP contribution in [0.2, 0.25) is 0 Å². The summed E-state index contributed by atoms with van der Waals surface area (Å²) >= 11 is 0. The Morgan fingerprint density at radius 2 is 2.15 bits per heavy atom. The highest BCUT2D eigenvalue weighted by Crippen LogP contribution is 2.13. The highest BCUT2D eigenvalue weighted by molar-refractivity contribution is 5.91. The standard InChI is InChI=1S/C17H10FN7O2/c18-10-3-4-13(21-8-10)22-14(26)9-24-15-6-11(7-19)23-25(15)17(27)12-2-1-5-20-16(12)24/h1-6,8H,9H2,(H,21,22,26). The van der Waals surface area contributed by atoms with Gasteiger partial charge < -0.3 is 9.88 Å². The second-order valence-electron chi connectivity index (χ2n) is 5.59. The summed E-state index contributed by atoms with van der Waals surface area (Å²) in [6, 6.07) is 8.94. The van der Waals surface area contributed by atoms with Gasteiger partial charge >= 0.3 is 0 Å². The highest BCUT2D eigenvalue weighted by atomic mass is 19.1. The fraction of sp³-hybridized carbons (Fsp3) is 0.0588. The zero-order valence-electron chi connectivity index (χ0n) is 13.6. The molecule has 0 saturated heterocycles. The number of nitrogens with one attached hydrogen (secondary N) is 1. The second-order valence-corrected chi connectivity index (χ2v) is 5.59. The van der Waals surface area contributed by atoms with Gasteiger partial charge in [0, 0.05) is 12.3 Å². The predicted molar refractivity (Wildman–Crippen MR) is 92.3 cm³/mol. The minimum absolute atomic E-state index is 0.0387. The number of hydrogen-bond donors (Lipinski definition) is 1. The van der Waals surface area contributed by atoms with Crippen molar-refractivity contribution in [3.05, 3.63) is 64.6 Å². The molecular formula is C17H10FN7O2. The molecule has 0 aliphatic rings. The molecule has 0 aliphatic heterocycles. The topological polar surface area (TPSA) is 118 Å². The molecule has 9 nitrogen and oxygen atoms in total. The van der Waals surface area contributed by atoms with Gasteiger partial charge in [-0.05, 0) is 24.3 Å². The van der Waals surface area contributed by atoms with Gasteiger partial charge in [0.1, 0.15) is 35.5 Å². The van der Waals surface area contributed by atoms with Gasteiger partial charge in [0.2, 0.25) is 5.91 Å². The SMILES string of the molecule is N#Cc1cc2n(CC(=O)Nc3ccc(F)cn3)c3ncccc3c(=O)n2n1. The third kappa shape index (κ3) is 2.87. The fourth-order valence-corrected chi connectivity index (χ4v) is 2.70. The van der Waals surface area contributed by atoms with Gasteiger partial charge in [0.05, 0.1) is 11.6 Å². The van der Waals surface area contributed by atoms with Crippen LogP contribution in [0.1, 0.15) is 5.69 Å². The van der Waals surface area contributed by atoms with Crippen LogP contribution in [0.4, 0.5) is 10.2 Å². The van der Waals surface area contributed by atoms with Gasteiger partial charge in [0.25, 0.3) is 5.56 Å². The molecule has 0 unspecified atom stereocenters. The van der Waals surface area contributed by atoms with E-state index in [4.69, 9.17) is 5.26 Å². The third-order valence-electron chi connectivity index (χ3n) is 3.84. The normalized spacial score (nSPS) is 10.8. The van der Waals surface area contributed by atoms with Crippen LogP contribution < -0.4 is 10.9 Å². The number of nitrogens with zero attached hydrogens (tertiary/aromatic N) is 6. The van der Waals surface area contributed by atoms with E-state index in [1.165, 1.54) is 29.0 Å². The number of carbonyl (C=O) groups excluding carboxylic acids is 1. The zero-order chi connectivity index (χ0) is 19.0. The second kappa shape index (κ2) is 6.30. The highest BCUT2D eigenvalue weighted by Gasteiger charge is 2.16. The first-order chi connectivity index (χ1) is 13.1. The molecule has 0 aliphatic carbocycles. The van der Waals surface area contributed by atoms with E-state index in [0.29, 0.717) is 0 Å². The quantitative estimate of drug-likeness (QED) is 0.582. The molecule has 0 aromatic carbocycles. The van der Waals surface area contributed by atoms with Crippen molar-refractivity contribution in [3.63, 3.8) is 0 Å². The number of nitriles is 1. The number of amides is 1. The number of fused-ring (bicyclic) bond motifs is 2. The molecule has 1 N–H and O–H groups in total. The molecule has 0 atom stereocenters. The first-order valence-electron chi connectivity index (χ1n) is 7.75. The van der Waals surface area contributed by atoms with Crippen LogP contribution in [0.25, 0.3) is 16.7 Å². The molecule has 4 rings (SSSR count). The van der Waals surface area contributed by atoms with Gasteiger partial charge in [-0.1, -0.05) is 0 Å². The largest absolute Gasteiger partial charge is 0.309 e. The van der Waals surface area contributed by atoms with Crippen molar-refractivity contribution < 1.29 is 9.18 Å². The first kappa shape index (κ1) is 16.3. The summed E-state index contributed by atoms with van der Waals surface area (Å²) in [6.45, 7) is -0.215. The van der Waals surface area contributed by atoms with Gasteiger partial charge in [-0.2, -0.15) is 14.9 Å². The number of anilines is 1. The van der Waals surface area contributed by atoms with E-state index in [1.807, 2.05) is 6.07 Å². The average Bonchev–Trinajstić information content (AvgIpc) is 3.12. The maximum Gasteiger partial charge on any atom is 0.283 e.